The Morgan fingerprint density at radius 2 is 1.83 bits per heavy atom. The van der Waals surface area contributed by atoms with Crippen molar-refractivity contribution in [3.63, 3.8) is 0 Å². The first kappa shape index (κ1) is 9.72. The Hall–Kier alpha value is -0.370. The first-order chi connectivity index (χ1) is 5.26. The highest BCUT2D eigenvalue weighted by Gasteiger charge is 2.44. The minimum absolute atomic E-state index is 0.230. The Labute approximate surface area is 74.0 Å². The predicted molar refractivity (Wildman–Crippen MR) is 47.8 cm³/mol. The molecule has 12 heavy (non-hydrogen) atoms. The zero-order valence-corrected chi connectivity index (χ0v) is 8.35. The van der Waals surface area contributed by atoms with Gasteiger partial charge in [0.25, 0.3) is 0 Å². The van der Waals surface area contributed by atoms with Gasteiger partial charge in [-0.3, -0.25) is 4.79 Å². The molecule has 70 valence electrons. The van der Waals surface area contributed by atoms with E-state index in [1.807, 2.05) is 27.7 Å². The summed E-state index contributed by atoms with van der Waals surface area (Å²) in [7, 11) is 0. The van der Waals surface area contributed by atoms with Gasteiger partial charge in [0.05, 0.1) is 6.10 Å². The Morgan fingerprint density at radius 1 is 1.33 bits per heavy atom. The van der Waals surface area contributed by atoms with E-state index in [0.29, 0.717) is 12.8 Å². The largest absolute Gasteiger partial charge is 0.393 e. The van der Waals surface area contributed by atoms with Crippen LogP contribution in [0.5, 0.6) is 0 Å². The quantitative estimate of drug-likeness (QED) is 0.601. The van der Waals surface area contributed by atoms with Crippen LogP contribution in [0.3, 0.4) is 0 Å². The molecular formula is C10H18O2. The highest BCUT2D eigenvalue weighted by Crippen LogP contribution is 2.42. The van der Waals surface area contributed by atoms with Crippen LogP contribution in [0.2, 0.25) is 0 Å². The normalized spacial score (nSPS) is 33.4. The molecule has 0 amide bonds. The van der Waals surface area contributed by atoms with Crippen molar-refractivity contribution in [2.75, 3.05) is 0 Å². The van der Waals surface area contributed by atoms with Crippen molar-refractivity contribution < 1.29 is 9.90 Å². The molecule has 2 heteroatoms. The van der Waals surface area contributed by atoms with Crippen molar-refractivity contribution in [3.8, 4) is 0 Å². The van der Waals surface area contributed by atoms with Gasteiger partial charge in [0.1, 0.15) is 5.78 Å². The maximum absolute atomic E-state index is 11.6. The summed E-state index contributed by atoms with van der Waals surface area (Å²) in [5.74, 6) is 0.276. The fraction of sp³-hybridized carbons (Fsp3) is 0.900. The summed E-state index contributed by atoms with van der Waals surface area (Å²) >= 11 is 0. The molecular weight excluding hydrogens is 152 g/mol. The third-order valence-corrected chi connectivity index (χ3v) is 2.98. The molecule has 0 bridgehead atoms. The second kappa shape index (κ2) is 2.56. The van der Waals surface area contributed by atoms with Crippen molar-refractivity contribution >= 4 is 5.78 Å². The maximum atomic E-state index is 11.6. The molecule has 0 spiro atoms. The second-order valence-electron chi connectivity index (χ2n) is 5.19. The number of carbonyl (C=O) groups is 1. The van der Waals surface area contributed by atoms with E-state index in [4.69, 9.17) is 0 Å². The average Bonchev–Trinajstić information content (AvgIpc) is 1.82. The van der Waals surface area contributed by atoms with Crippen LogP contribution < -0.4 is 0 Å². The lowest BCUT2D eigenvalue weighted by Crippen LogP contribution is -2.45. The third-order valence-electron chi connectivity index (χ3n) is 2.98. The average molecular weight is 170 g/mol. The van der Waals surface area contributed by atoms with Crippen LogP contribution >= 0.6 is 0 Å². The number of carbonyl (C=O) groups excluding carboxylic acids is 1. The van der Waals surface area contributed by atoms with Gasteiger partial charge < -0.3 is 5.11 Å². The Balaban J connectivity index is 2.83. The summed E-state index contributed by atoms with van der Waals surface area (Å²) in [6, 6.07) is 0. The third kappa shape index (κ3) is 1.53. The molecule has 0 aromatic carbocycles. The van der Waals surface area contributed by atoms with Crippen LogP contribution in [0.25, 0.3) is 0 Å². The van der Waals surface area contributed by atoms with Gasteiger partial charge in [-0.2, -0.15) is 0 Å². The summed E-state index contributed by atoms with van der Waals surface area (Å²) in [5.41, 5.74) is -0.554. The highest BCUT2D eigenvalue weighted by atomic mass is 16.3. The molecule has 0 aliphatic heterocycles. The summed E-state index contributed by atoms with van der Waals surface area (Å²) in [6.45, 7) is 7.72. The van der Waals surface area contributed by atoms with Crippen LogP contribution in [0.1, 0.15) is 40.5 Å². The molecule has 1 N–H and O–H groups in total. The van der Waals surface area contributed by atoms with Crippen molar-refractivity contribution in [1.82, 2.24) is 0 Å². The van der Waals surface area contributed by atoms with Crippen molar-refractivity contribution in [1.29, 1.82) is 0 Å². The van der Waals surface area contributed by atoms with Gasteiger partial charge in [-0.25, -0.2) is 0 Å². The second-order valence-corrected chi connectivity index (χ2v) is 5.19. The molecule has 0 saturated heterocycles. The smallest absolute Gasteiger partial charge is 0.139 e. The Bertz CT molecular complexity index is 204. The van der Waals surface area contributed by atoms with Crippen LogP contribution in [-0.4, -0.2) is 17.0 Å². The molecule has 1 saturated carbocycles. The van der Waals surface area contributed by atoms with Crippen LogP contribution in [-0.2, 0) is 4.79 Å². The van der Waals surface area contributed by atoms with E-state index in [9.17, 15) is 9.90 Å². The SMILES string of the molecule is CC1(C)C[C@H](O)C(C)(C)CC1=O. The van der Waals surface area contributed by atoms with Crippen LogP contribution in [0, 0.1) is 10.8 Å². The van der Waals surface area contributed by atoms with Crippen molar-refractivity contribution in [2.24, 2.45) is 10.8 Å². The number of aliphatic hydroxyl groups excluding tert-OH is 1. The molecule has 1 atom stereocenters. The predicted octanol–water partition coefficient (Wildman–Crippen LogP) is 1.76. The van der Waals surface area contributed by atoms with E-state index in [2.05, 4.69) is 0 Å². The van der Waals surface area contributed by atoms with E-state index in [1.54, 1.807) is 0 Å². The summed E-state index contributed by atoms with van der Waals surface area (Å²) in [4.78, 5) is 11.6. The molecule has 1 aliphatic carbocycles. The van der Waals surface area contributed by atoms with Gasteiger partial charge >= 0.3 is 0 Å². The summed E-state index contributed by atoms with van der Waals surface area (Å²) in [5, 5.41) is 9.74. The number of aliphatic hydroxyl groups is 1. The lowest BCUT2D eigenvalue weighted by Gasteiger charge is -2.41. The first-order valence-electron chi connectivity index (χ1n) is 4.47. The minimum atomic E-state index is -0.342. The fourth-order valence-corrected chi connectivity index (χ4v) is 1.64. The summed E-state index contributed by atoms with van der Waals surface area (Å²) < 4.78 is 0. The Morgan fingerprint density at radius 3 is 2.25 bits per heavy atom. The molecule has 1 fully saturated rings. The number of ketones is 1. The van der Waals surface area contributed by atoms with E-state index in [0.717, 1.165) is 0 Å². The molecule has 2 nitrogen and oxygen atoms in total. The lowest BCUT2D eigenvalue weighted by molar-refractivity contribution is -0.140. The van der Waals surface area contributed by atoms with Gasteiger partial charge in [-0.05, 0) is 11.8 Å². The van der Waals surface area contributed by atoms with E-state index in [1.165, 1.54) is 0 Å². The standard InChI is InChI=1S/C10H18O2/c1-9(2)5-8(12)10(3,4)6-7(9)11/h7,11H,5-6H2,1-4H3/t7-/m0/s1. The van der Waals surface area contributed by atoms with Gasteiger partial charge in [0.2, 0.25) is 0 Å². The molecule has 0 aromatic heterocycles. The lowest BCUT2D eigenvalue weighted by atomic mass is 9.64. The monoisotopic (exact) mass is 170 g/mol. The van der Waals surface area contributed by atoms with E-state index in [-0.39, 0.29) is 22.7 Å². The topological polar surface area (TPSA) is 37.3 Å². The van der Waals surface area contributed by atoms with Crippen LogP contribution in [0.15, 0.2) is 0 Å². The molecule has 0 unspecified atom stereocenters. The van der Waals surface area contributed by atoms with E-state index < -0.39 is 0 Å². The van der Waals surface area contributed by atoms with Crippen LogP contribution in [0.4, 0.5) is 0 Å². The van der Waals surface area contributed by atoms with E-state index >= 15 is 0 Å². The molecule has 0 radical (unpaired) electrons. The summed E-state index contributed by atoms with van der Waals surface area (Å²) in [6.07, 6.45) is 0.755. The fourth-order valence-electron chi connectivity index (χ4n) is 1.64. The number of rotatable bonds is 0. The van der Waals surface area contributed by atoms with Crippen molar-refractivity contribution in [3.05, 3.63) is 0 Å². The Kier molecular flexibility index (Phi) is 2.07. The molecule has 0 heterocycles. The zero-order chi connectivity index (χ0) is 9.57. The van der Waals surface area contributed by atoms with Crippen molar-refractivity contribution in [2.45, 2.75) is 46.6 Å². The molecule has 0 aromatic rings. The zero-order valence-electron chi connectivity index (χ0n) is 8.35. The van der Waals surface area contributed by atoms with Gasteiger partial charge in [-0.15, -0.1) is 0 Å². The minimum Gasteiger partial charge on any atom is -0.393 e. The number of hydrogen-bond acceptors (Lipinski definition) is 2. The van der Waals surface area contributed by atoms with Gasteiger partial charge in [0, 0.05) is 11.8 Å². The highest BCUT2D eigenvalue weighted by molar-refractivity contribution is 5.85. The molecule has 1 aliphatic rings. The number of Topliss-reactive ketones (excluding diaryl/α,β-unsaturated/α-hetero) is 1. The maximum Gasteiger partial charge on any atom is 0.139 e. The number of hydrogen-bond donors (Lipinski definition) is 1. The molecule has 1 rings (SSSR count). The first-order valence-corrected chi connectivity index (χ1v) is 4.47. The van der Waals surface area contributed by atoms with Gasteiger partial charge in [0.15, 0.2) is 0 Å². The van der Waals surface area contributed by atoms with Gasteiger partial charge in [-0.1, -0.05) is 27.7 Å².